The van der Waals surface area contributed by atoms with Crippen molar-refractivity contribution in [3.8, 4) is 5.75 Å². The Morgan fingerprint density at radius 3 is 2.61 bits per heavy atom. The van der Waals surface area contributed by atoms with Gasteiger partial charge in [0.05, 0.1) is 0 Å². The number of hydrogen-bond acceptors (Lipinski definition) is 2. The Hall–Kier alpha value is -1.02. The average molecular weight is 247 g/mol. The second-order valence-electron chi connectivity index (χ2n) is 6.95. The van der Waals surface area contributed by atoms with Crippen molar-refractivity contribution in [1.29, 1.82) is 0 Å². The molecule has 0 aliphatic carbocycles. The second kappa shape index (κ2) is 4.58. The van der Waals surface area contributed by atoms with Gasteiger partial charge in [0.25, 0.3) is 0 Å². The normalized spacial score (nSPS) is 24.4. The predicted molar refractivity (Wildman–Crippen MR) is 75.9 cm³/mol. The van der Waals surface area contributed by atoms with Gasteiger partial charge in [-0.3, -0.25) is 0 Å². The minimum atomic E-state index is -0.0576. The topological polar surface area (TPSA) is 32.3 Å². The van der Waals surface area contributed by atoms with Crippen LogP contribution in [0.5, 0.6) is 5.75 Å². The van der Waals surface area contributed by atoms with Crippen molar-refractivity contribution >= 4 is 0 Å². The molecular weight excluding hydrogens is 222 g/mol. The lowest BCUT2D eigenvalue weighted by Gasteiger charge is -2.27. The van der Waals surface area contributed by atoms with Crippen LogP contribution >= 0.6 is 0 Å². The van der Waals surface area contributed by atoms with E-state index in [-0.39, 0.29) is 11.0 Å². The van der Waals surface area contributed by atoms with Gasteiger partial charge in [-0.1, -0.05) is 32.9 Å². The van der Waals surface area contributed by atoms with Gasteiger partial charge in [-0.2, -0.15) is 0 Å². The molecule has 0 amide bonds. The van der Waals surface area contributed by atoms with Gasteiger partial charge >= 0.3 is 0 Å². The van der Waals surface area contributed by atoms with Crippen molar-refractivity contribution in [2.45, 2.75) is 52.5 Å². The third-order valence-corrected chi connectivity index (χ3v) is 3.76. The van der Waals surface area contributed by atoms with Gasteiger partial charge < -0.3 is 10.4 Å². The molecule has 1 aromatic carbocycles. The third kappa shape index (κ3) is 2.86. The maximum atomic E-state index is 10.1. The Labute approximate surface area is 110 Å². The summed E-state index contributed by atoms with van der Waals surface area (Å²) in [7, 11) is 0. The molecular formula is C16H25NO. The molecule has 1 saturated heterocycles. The first-order valence-electron chi connectivity index (χ1n) is 6.88. The summed E-state index contributed by atoms with van der Waals surface area (Å²) in [5.74, 6) is 0.421. The van der Waals surface area contributed by atoms with Gasteiger partial charge in [0.15, 0.2) is 0 Å². The molecule has 0 bridgehead atoms. The lowest BCUT2D eigenvalue weighted by Crippen LogP contribution is -2.33. The second-order valence-corrected chi connectivity index (χ2v) is 6.95. The zero-order chi connectivity index (χ0) is 13.4. The zero-order valence-electron chi connectivity index (χ0n) is 12.0. The summed E-state index contributed by atoms with van der Waals surface area (Å²) in [5.41, 5.74) is 2.59. The molecule has 100 valence electrons. The van der Waals surface area contributed by atoms with Crippen LogP contribution in [0.25, 0.3) is 0 Å². The van der Waals surface area contributed by atoms with E-state index in [0.29, 0.717) is 5.75 Å². The van der Waals surface area contributed by atoms with Gasteiger partial charge in [0.2, 0.25) is 0 Å². The Balaban J connectivity index is 2.32. The fourth-order valence-corrected chi connectivity index (χ4v) is 2.87. The predicted octanol–water partition coefficient (Wildman–Crippen LogP) is 3.58. The molecule has 2 rings (SSSR count). The number of phenols is 1. The highest BCUT2D eigenvalue weighted by Gasteiger charge is 2.32. The maximum absolute atomic E-state index is 10.1. The Kier molecular flexibility index (Phi) is 3.41. The number of hydrogen-bond donors (Lipinski definition) is 2. The van der Waals surface area contributed by atoms with E-state index >= 15 is 0 Å². The average Bonchev–Trinajstić information content (AvgIpc) is 2.67. The quantitative estimate of drug-likeness (QED) is 0.837. The first-order valence-corrected chi connectivity index (χ1v) is 6.88. The molecule has 1 atom stereocenters. The first-order chi connectivity index (χ1) is 8.30. The molecule has 1 aromatic rings. The molecule has 0 radical (unpaired) electrons. The molecule has 0 spiro atoms. The van der Waals surface area contributed by atoms with Gasteiger partial charge in [0.1, 0.15) is 5.75 Å². The molecule has 1 aliphatic heterocycles. The molecule has 2 heteroatoms. The summed E-state index contributed by atoms with van der Waals surface area (Å²) >= 11 is 0. The zero-order valence-corrected chi connectivity index (χ0v) is 12.0. The van der Waals surface area contributed by atoms with Crippen LogP contribution in [0.1, 0.15) is 51.7 Å². The highest BCUT2D eigenvalue weighted by molar-refractivity contribution is 5.41. The van der Waals surface area contributed by atoms with E-state index in [2.05, 4.69) is 39.1 Å². The number of phenolic OH excluding ortho intramolecular Hbond substituents is 1. The van der Waals surface area contributed by atoms with E-state index in [0.717, 1.165) is 24.9 Å². The molecule has 18 heavy (non-hydrogen) atoms. The smallest absolute Gasteiger partial charge is 0.120 e. The number of nitrogens with one attached hydrogen (secondary N) is 1. The molecule has 2 N–H and O–H groups in total. The molecule has 0 saturated carbocycles. The van der Waals surface area contributed by atoms with Gasteiger partial charge in [-0.05, 0) is 49.8 Å². The van der Waals surface area contributed by atoms with Crippen molar-refractivity contribution in [1.82, 2.24) is 5.32 Å². The van der Waals surface area contributed by atoms with E-state index in [1.807, 2.05) is 12.1 Å². The van der Waals surface area contributed by atoms with Crippen LogP contribution in [0, 0.1) is 5.41 Å². The van der Waals surface area contributed by atoms with Crippen LogP contribution in [0.15, 0.2) is 18.2 Å². The van der Waals surface area contributed by atoms with Crippen molar-refractivity contribution in [2.75, 3.05) is 6.54 Å². The van der Waals surface area contributed by atoms with E-state index < -0.39 is 0 Å². The third-order valence-electron chi connectivity index (χ3n) is 3.76. The molecule has 1 fully saturated rings. The van der Waals surface area contributed by atoms with Crippen molar-refractivity contribution in [3.05, 3.63) is 29.3 Å². The van der Waals surface area contributed by atoms with Crippen molar-refractivity contribution < 1.29 is 5.11 Å². The highest BCUT2D eigenvalue weighted by Crippen LogP contribution is 2.37. The minimum absolute atomic E-state index is 0.0576. The Morgan fingerprint density at radius 1 is 1.33 bits per heavy atom. The van der Waals surface area contributed by atoms with Gasteiger partial charge in [-0.25, -0.2) is 0 Å². The summed E-state index contributed by atoms with van der Waals surface area (Å²) in [6.07, 6.45) is 3.31. The lowest BCUT2D eigenvalue weighted by molar-refractivity contribution is 0.388. The van der Waals surface area contributed by atoms with Crippen LogP contribution in [-0.4, -0.2) is 11.7 Å². The Bertz CT molecular complexity index is 425. The van der Waals surface area contributed by atoms with E-state index in [1.54, 1.807) is 0 Å². The maximum Gasteiger partial charge on any atom is 0.120 e. The summed E-state index contributed by atoms with van der Waals surface area (Å²) in [6, 6.07) is 6.07. The van der Waals surface area contributed by atoms with E-state index in [1.165, 1.54) is 12.0 Å². The molecule has 1 unspecified atom stereocenters. The fraction of sp³-hybridized carbons (Fsp3) is 0.625. The molecule has 0 aromatic heterocycles. The fourth-order valence-electron chi connectivity index (χ4n) is 2.87. The first kappa shape index (κ1) is 13.4. The number of rotatable bonds is 2. The minimum Gasteiger partial charge on any atom is -0.508 e. The summed E-state index contributed by atoms with van der Waals surface area (Å²) in [6.45, 7) is 9.97. The van der Waals surface area contributed by atoms with Crippen LogP contribution in [0.4, 0.5) is 0 Å². The highest BCUT2D eigenvalue weighted by atomic mass is 16.3. The van der Waals surface area contributed by atoms with Gasteiger partial charge in [-0.15, -0.1) is 0 Å². The number of aromatic hydroxyl groups is 1. The summed E-state index contributed by atoms with van der Waals surface area (Å²) in [4.78, 5) is 0. The van der Waals surface area contributed by atoms with Crippen molar-refractivity contribution in [2.24, 2.45) is 5.41 Å². The van der Waals surface area contributed by atoms with Crippen LogP contribution in [0.3, 0.4) is 0 Å². The summed E-state index contributed by atoms with van der Waals surface area (Å²) in [5, 5.41) is 13.6. The standard InChI is InChI=1S/C16H25NO/c1-15(2,3)11-12-6-7-14(18)13(10-12)16(4)8-5-9-17-16/h6-7,10,17-18H,5,8-9,11H2,1-4H3. The monoisotopic (exact) mass is 247 g/mol. The number of benzene rings is 1. The van der Waals surface area contributed by atoms with Crippen molar-refractivity contribution in [3.63, 3.8) is 0 Å². The molecule has 2 nitrogen and oxygen atoms in total. The van der Waals surface area contributed by atoms with Crippen LogP contribution in [-0.2, 0) is 12.0 Å². The molecule has 1 aliphatic rings. The lowest BCUT2D eigenvalue weighted by atomic mass is 9.84. The van der Waals surface area contributed by atoms with Crippen LogP contribution < -0.4 is 5.32 Å². The van der Waals surface area contributed by atoms with E-state index in [4.69, 9.17) is 0 Å². The SMILES string of the molecule is CC(C)(C)Cc1ccc(O)c(C2(C)CCCN2)c1. The van der Waals surface area contributed by atoms with Gasteiger partial charge in [0, 0.05) is 11.1 Å². The summed E-state index contributed by atoms with van der Waals surface area (Å²) < 4.78 is 0. The Morgan fingerprint density at radius 2 is 2.06 bits per heavy atom. The molecule has 1 heterocycles. The van der Waals surface area contributed by atoms with Crippen LogP contribution in [0.2, 0.25) is 0 Å². The van der Waals surface area contributed by atoms with E-state index in [9.17, 15) is 5.11 Å². The largest absolute Gasteiger partial charge is 0.508 e.